The zero-order chi connectivity index (χ0) is 9.56. The van der Waals surface area contributed by atoms with Crippen LogP contribution in [0.25, 0.3) is 0 Å². The van der Waals surface area contributed by atoms with Crippen molar-refractivity contribution in [3.63, 3.8) is 0 Å². The molecule has 0 saturated carbocycles. The third-order valence-electron chi connectivity index (χ3n) is 2.89. The van der Waals surface area contributed by atoms with Gasteiger partial charge in [-0.15, -0.1) is 0 Å². The molecule has 0 aromatic rings. The van der Waals surface area contributed by atoms with E-state index in [4.69, 9.17) is 0 Å². The van der Waals surface area contributed by atoms with E-state index < -0.39 is 0 Å². The number of rotatable bonds is 6. The molecule has 0 aliphatic carbocycles. The van der Waals surface area contributed by atoms with Crippen molar-refractivity contribution in [2.45, 2.75) is 40.5 Å². The Kier molecular flexibility index (Phi) is 6.45. The Morgan fingerprint density at radius 3 is 2.08 bits per heavy atom. The molecule has 0 aromatic carbocycles. The van der Waals surface area contributed by atoms with Crippen molar-refractivity contribution in [2.24, 2.45) is 11.8 Å². The van der Waals surface area contributed by atoms with Crippen molar-refractivity contribution in [3.8, 4) is 0 Å². The molecule has 0 bridgehead atoms. The van der Waals surface area contributed by atoms with Crippen LogP contribution in [0.15, 0.2) is 0 Å². The van der Waals surface area contributed by atoms with E-state index in [-0.39, 0.29) is 0 Å². The monoisotopic (exact) mass is 171 g/mol. The summed E-state index contributed by atoms with van der Waals surface area (Å²) in [7, 11) is 2.20. The van der Waals surface area contributed by atoms with E-state index in [1.807, 2.05) is 0 Å². The van der Waals surface area contributed by atoms with Gasteiger partial charge in [-0.1, -0.05) is 34.1 Å². The largest absolute Gasteiger partial charge is 0.307 e. The molecule has 1 nitrogen and oxygen atoms in total. The minimum Gasteiger partial charge on any atom is -0.307 e. The summed E-state index contributed by atoms with van der Waals surface area (Å²) in [6, 6.07) is 0. The van der Waals surface area contributed by atoms with Crippen LogP contribution in [0, 0.1) is 11.8 Å². The van der Waals surface area contributed by atoms with Gasteiger partial charge in [0.05, 0.1) is 0 Å². The minimum absolute atomic E-state index is 0.847. The van der Waals surface area contributed by atoms with Gasteiger partial charge in [0, 0.05) is 0 Å². The van der Waals surface area contributed by atoms with Crippen LogP contribution in [0.1, 0.15) is 40.5 Å². The molecule has 0 radical (unpaired) electrons. The molecule has 0 amide bonds. The fraction of sp³-hybridized carbons (Fsp3) is 1.00. The lowest BCUT2D eigenvalue weighted by Crippen LogP contribution is -2.22. The zero-order valence-corrected chi connectivity index (χ0v) is 9.43. The second-order valence-electron chi connectivity index (χ2n) is 4.10. The van der Waals surface area contributed by atoms with Gasteiger partial charge in [-0.25, -0.2) is 0 Å². The fourth-order valence-corrected chi connectivity index (χ4v) is 1.55. The Balaban J connectivity index is 3.58. The Morgan fingerprint density at radius 1 is 1.17 bits per heavy atom. The molecule has 1 unspecified atom stereocenters. The van der Waals surface area contributed by atoms with Gasteiger partial charge in [-0.3, -0.25) is 0 Å². The number of nitrogens with zero attached hydrogens (tertiary/aromatic N) is 1. The van der Waals surface area contributed by atoms with Gasteiger partial charge in [0.15, 0.2) is 0 Å². The summed E-state index contributed by atoms with van der Waals surface area (Å²) >= 11 is 0. The average molecular weight is 171 g/mol. The molecule has 0 saturated heterocycles. The topological polar surface area (TPSA) is 3.24 Å². The first-order chi connectivity index (χ1) is 5.61. The average Bonchev–Trinajstić information content (AvgIpc) is 2.04. The van der Waals surface area contributed by atoms with Gasteiger partial charge in [-0.2, -0.15) is 0 Å². The van der Waals surface area contributed by atoms with Crippen LogP contribution in [-0.4, -0.2) is 25.0 Å². The first-order valence-electron chi connectivity index (χ1n) is 5.30. The fourth-order valence-electron chi connectivity index (χ4n) is 1.55. The van der Waals surface area contributed by atoms with Gasteiger partial charge < -0.3 is 4.90 Å². The molecule has 0 aliphatic rings. The number of hydrogen-bond donors (Lipinski definition) is 0. The van der Waals surface area contributed by atoms with Gasteiger partial charge in [0.1, 0.15) is 0 Å². The highest BCUT2D eigenvalue weighted by Crippen LogP contribution is 2.18. The van der Waals surface area contributed by atoms with Crippen molar-refractivity contribution in [1.82, 2.24) is 4.90 Å². The van der Waals surface area contributed by atoms with E-state index in [1.54, 1.807) is 0 Å². The summed E-state index contributed by atoms with van der Waals surface area (Å²) in [5.41, 5.74) is 0. The van der Waals surface area contributed by atoms with E-state index in [0.29, 0.717) is 0 Å². The SMILES string of the molecule is CCC(CCN(C)CC)C(C)C. The van der Waals surface area contributed by atoms with Crippen LogP contribution in [0.3, 0.4) is 0 Å². The van der Waals surface area contributed by atoms with Crippen LogP contribution < -0.4 is 0 Å². The van der Waals surface area contributed by atoms with Crippen LogP contribution >= 0.6 is 0 Å². The normalized spacial score (nSPS) is 14.2. The van der Waals surface area contributed by atoms with Crippen molar-refractivity contribution < 1.29 is 0 Å². The molecule has 0 fully saturated rings. The Hall–Kier alpha value is -0.0400. The standard InChI is InChI=1S/C11H25N/c1-6-11(10(3)4)8-9-12(5)7-2/h10-11H,6-9H2,1-5H3. The van der Waals surface area contributed by atoms with Gasteiger partial charge in [0.2, 0.25) is 0 Å². The molecule has 74 valence electrons. The lowest BCUT2D eigenvalue weighted by molar-refractivity contribution is 0.272. The van der Waals surface area contributed by atoms with Crippen molar-refractivity contribution in [3.05, 3.63) is 0 Å². The summed E-state index contributed by atoms with van der Waals surface area (Å²) in [5, 5.41) is 0. The molecule has 1 atom stereocenters. The molecule has 0 heterocycles. The highest BCUT2D eigenvalue weighted by Gasteiger charge is 2.10. The second-order valence-corrected chi connectivity index (χ2v) is 4.10. The maximum Gasteiger partial charge on any atom is -0.00192 e. The van der Waals surface area contributed by atoms with Gasteiger partial charge >= 0.3 is 0 Å². The van der Waals surface area contributed by atoms with Crippen molar-refractivity contribution in [1.29, 1.82) is 0 Å². The molecule has 0 aromatic heterocycles. The summed E-state index contributed by atoms with van der Waals surface area (Å²) in [5.74, 6) is 1.76. The molecular formula is C11H25N. The summed E-state index contributed by atoms with van der Waals surface area (Å²) in [6.07, 6.45) is 2.69. The van der Waals surface area contributed by atoms with Crippen LogP contribution in [0.5, 0.6) is 0 Å². The zero-order valence-electron chi connectivity index (χ0n) is 9.43. The summed E-state index contributed by atoms with van der Waals surface area (Å²) in [4.78, 5) is 2.39. The van der Waals surface area contributed by atoms with Gasteiger partial charge in [-0.05, 0) is 38.4 Å². The van der Waals surface area contributed by atoms with E-state index in [0.717, 1.165) is 11.8 Å². The van der Waals surface area contributed by atoms with E-state index in [9.17, 15) is 0 Å². The Morgan fingerprint density at radius 2 is 1.75 bits per heavy atom. The third kappa shape index (κ3) is 4.76. The van der Waals surface area contributed by atoms with Crippen LogP contribution in [0.4, 0.5) is 0 Å². The quantitative estimate of drug-likeness (QED) is 0.594. The summed E-state index contributed by atoms with van der Waals surface area (Å²) < 4.78 is 0. The van der Waals surface area contributed by atoms with E-state index in [1.165, 1.54) is 25.9 Å². The highest BCUT2D eigenvalue weighted by atomic mass is 15.1. The molecule has 0 N–H and O–H groups in total. The minimum atomic E-state index is 0.847. The van der Waals surface area contributed by atoms with Gasteiger partial charge in [0.25, 0.3) is 0 Å². The van der Waals surface area contributed by atoms with E-state index in [2.05, 4.69) is 39.6 Å². The smallest absolute Gasteiger partial charge is 0.00192 e. The summed E-state index contributed by atoms with van der Waals surface area (Å²) in [6.45, 7) is 11.6. The van der Waals surface area contributed by atoms with Crippen LogP contribution in [-0.2, 0) is 0 Å². The number of hydrogen-bond acceptors (Lipinski definition) is 1. The molecular weight excluding hydrogens is 146 g/mol. The third-order valence-corrected chi connectivity index (χ3v) is 2.89. The second kappa shape index (κ2) is 6.47. The van der Waals surface area contributed by atoms with Crippen molar-refractivity contribution >= 4 is 0 Å². The first kappa shape index (κ1) is 12.0. The lowest BCUT2D eigenvalue weighted by atomic mass is 9.90. The van der Waals surface area contributed by atoms with E-state index >= 15 is 0 Å². The molecule has 1 heteroatoms. The first-order valence-corrected chi connectivity index (χ1v) is 5.30. The highest BCUT2D eigenvalue weighted by molar-refractivity contribution is 4.63. The molecule has 0 rings (SSSR count). The maximum atomic E-state index is 2.39. The van der Waals surface area contributed by atoms with Crippen LogP contribution in [0.2, 0.25) is 0 Å². The molecule has 0 spiro atoms. The Bertz CT molecular complexity index is 99.2. The van der Waals surface area contributed by atoms with Crippen molar-refractivity contribution in [2.75, 3.05) is 20.1 Å². The predicted octanol–water partition coefficient (Wildman–Crippen LogP) is 3.01. The molecule has 0 aliphatic heterocycles. The Labute approximate surface area is 78.1 Å². The molecule has 12 heavy (non-hydrogen) atoms. The maximum absolute atomic E-state index is 2.39. The lowest BCUT2D eigenvalue weighted by Gasteiger charge is -2.22. The predicted molar refractivity (Wildman–Crippen MR) is 56.4 cm³/mol.